The molecule has 0 bridgehead atoms. The van der Waals surface area contributed by atoms with Gasteiger partial charge in [0.1, 0.15) is 4.90 Å². The van der Waals surface area contributed by atoms with Gasteiger partial charge in [-0.1, -0.05) is 6.92 Å². The van der Waals surface area contributed by atoms with Gasteiger partial charge < -0.3 is 10.4 Å². The summed E-state index contributed by atoms with van der Waals surface area (Å²) in [6.45, 7) is 4.03. The lowest BCUT2D eigenvalue weighted by Crippen LogP contribution is -2.26. The van der Waals surface area contributed by atoms with Crippen LogP contribution in [0.15, 0.2) is 17.3 Å². The molecule has 2 N–H and O–H groups in total. The highest BCUT2D eigenvalue weighted by molar-refractivity contribution is 7.90. The highest BCUT2D eigenvalue weighted by Crippen LogP contribution is 2.07. The molecule has 1 heterocycles. The fourth-order valence-corrected chi connectivity index (χ4v) is 2.11. The van der Waals surface area contributed by atoms with Crippen LogP contribution in [-0.2, 0) is 16.4 Å². The van der Waals surface area contributed by atoms with Crippen LogP contribution >= 0.6 is 0 Å². The molecule has 1 unspecified atom stereocenters. The summed E-state index contributed by atoms with van der Waals surface area (Å²) >= 11 is 0. The molecule has 1 aromatic heterocycles. The average Bonchev–Trinajstić information content (AvgIpc) is 2.74. The maximum atomic E-state index is 11.2. The zero-order valence-corrected chi connectivity index (χ0v) is 11.7. The molecule has 0 amide bonds. The van der Waals surface area contributed by atoms with Gasteiger partial charge in [-0.2, -0.15) is 5.10 Å². The molecule has 0 aromatic carbocycles. The predicted octanol–water partition coefficient (Wildman–Crippen LogP) is 0.0372. The lowest BCUT2D eigenvalue weighted by atomic mass is 10.2. The molecule has 0 fully saturated rings. The van der Waals surface area contributed by atoms with Gasteiger partial charge in [-0.3, -0.25) is 4.68 Å². The Hall–Kier alpha value is -0.920. The van der Waals surface area contributed by atoms with Gasteiger partial charge >= 0.3 is 0 Å². The number of rotatable bonds is 8. The molecule has 0 aliphatic rings. The molecule has 0 spiro atoms. The van der Waals surface area contributed by atoms with E-state index < -0.39 is 9.84 Å². The minimum absolute atomic E-state index is 0.232. The molecule has 104 valence electrons. The van der Waals surface area contributed by atoms with Crippen molar-refractivity contribution in [3.8, 4) is 0 Å². The summed E-state index contributed by atoms with van der Waals surface area (Å²) in [6.07, 6.45) is 5.10. The summed E-state index contributed by atoms with van der Waals surface area (Å²) < 4.78 is 24.1. The van der Waals surface area contributed by atoms with Gasteiger partial charge in [0.2, 0.25) is 0 Å². The summed E-state index contributed by atoms with van der Waals surface area (Å²) in [5.41, 5.74) is 0. The molecule has 1 atom stereocenters. The van der Waals surface area contributed by atoms with Crippen molar-refractivity contribution < 1.29 is 13.5 Å². The molecule has 18 heavy (non-hydrogen) atoms. The second-order valence-electron chi connectivity index (χ2n) is 4.32. The molecule has 6 nitrogen and oxygen atoms in total. The summed E-state index contributed by atoms with van der Waals surface area (Å²) in [5, 5.41) is 16.7. The summed E-state index contributed by atoms with van der Waals surface area (Å²) in [4.78, 5) is 0.232. The van der Waals surface area contributed by atoms with Crippen molar-refractivity contribution in [2.45, 2.75) is 37.3 Å². The number of aliphatic hydroxyl groups excluding tert-OH is 1. The van der Waals surface area contributed by atoms with E-state index in [1.54, 1.807) is 4.68 Å². The van der Waals surface area contributed by atoms with Crippen molar-refractivity contribution in [3.63, 3.8) is 0 Å². The number of aromatic nitrogens is 2. The van der Waals surface area contributed by atoms with E-state index in [4.69, 9.17) is 0 Å². The third kappa shape index (κ3) is 5.16. The van der Waals surface area contributed by atoms with Crippen molar-refractivity contribution in [3.05, 3.63) is 12.4 Å². The van der Waals surface area contributed by atoms with Crippen molar-refractivity contribution in [2.24, 2.45) is 0 Å². The summed E-state index contributed by atoms with van der Waals surface area (Å²) in [7, 11) is -3.18. The minimum atomic E-state index is -3.18. The largest absolute Gasteiger partial charge is 0.392 e. The van der Waals surface area contributed by atoms with Crippen molar-refractivity contribution >= 4 is 9.84 Å². The van der Waals surface area contributed by atoms with Crippen LogP contribution < -0.4 is 5.32 Å². The van der Waals surface area contributed by atoms with Gasteiger partial charge in [-0.25, -0.2) is 8.42 Å². The van der Waals surface area contributed by atoms with Crippen LogP contribution in [0.3, 0.4) is 0 Å². The number of aryl methyl sites for hydroxylation is 1. The van der Waals surface area contributed by atoms with Gasteiger partial charge in [0.15, 0.2) is 9.84 Å². The Kier molecular flexibility index (Phi) is 5.77. The van der Waals surface area contributed by atoms with E-state index in [-0.39, 0.29) is 11.0 Å². The zero-order chi connectivity index (χ0) is 13.6. The molecule has 1 aromatic rings. The second kappa shape index (κ2) is 6.86. The first-order valence-electron chi connectivity index (χ1n) is 6.04. The first-order valence-corrected chi connectivity index (χ1v) is 7.94. The van der Waals surface area contributed by atoms with Crippen LogP contribution in [0.25, 0.3) is 0 Å². The quantitative estimate of drug-likeness (QED) is 0.699. The monoisotopic (exact) mass is 275 g/mol. The van der Waals surface area contributed by atoms with Crippen molar-refractivity contribution in [1.82, 2.24) is 15.1 Å². The van der Waals surface area contributed by atoms with Crippen LogP contribution in [0.5, 0.6) is 0 Å². The Labute approximate surface area is 108 Å². The van der Waals surface area contributed by atoms with Crippen molar-refractivity contribution in [1.29, 1.82) is 0 Å². The van der Waals surface area contributed by atoms with Crippen LogP contribution in [0, 0.1) is 0 Å². The SMILES string of the molecule is CCNCC(O)CCCn1cc(S(C)(=O)=O)cn1. The lowest BCUT2D eigenvalue weighted by molar-refractivity contribution is 0.157. The van der Waals surface area contributed by atoms with Crippen LogP contribution in [-0.4, -0.2) is 48.8 Å². The Morgan fingerprint density at radius 1 is 1.56 bits per heavy atom. The summed E-state index contributed by atoms with van der Waals surface area (Å²) in [6, 6.07) is 0. The third-order valence-electron chi connectivity index (χ3n) is 2.59. The molecule has 0 saturated heterocycles. The van der Waals surface area contributed by atoms with Crippen LogP contribution in [0.1, 0.15) is 19.8 Å². The van der Waals surface area contributed by atoms with E-state index in [0.717, 1.165) is 19.2 Å². The van der Waals surface area contributed by atoms with Gasteiger partial charge in [-0.05, 0) is 19.4 Å². The number of aliphatic hydroxyl groups is 1. The molecule has 0 aliphatic heterocycles. The van der Waals surface area contributed by atoms with E-state index in [1.807, 2.05) is 6.92 Å². The summed E-state index contributed by atoms with van der Waals surface area (Å²) in [5.74, 6) is 0. The number of nitrogens with zero attached hydrogens (tertiary/aromatic N) is 2. The number of sulfone groups is 1. The molecular formula is C11H21N3O3S. The predicted molar refractivity (Wildman–Crippen MR) is 69.1 cm³/mol. The van der Waals surface area contributed by atoms with Gasteiger partial charge in [0, 0.05) is 25.5 Å². The molecule has 0 aliphatic carbocycles. The molecule has 1 rings (SSSR count). The number of nitrogens with one attached hydrogen (secondary N) is 1. The van der Waals surface area contributed by atoms with E-state index in [9.17, 15) is 13.5 Å². The third-order valence-corrected chi connectivity index (χ3v) is 3.66. The normalized spacial score (nSPS) is 13.7. The van der Waals surface area contributed by atoms with Gasteiger partial charge in [-0.15, -0.1) is 0 Å². The molecule has 0 saturated carbocycles. The zero-order valence-electron chi connectivity index (χ0n) is 10.8. The molecular weight excluding hydrogens is 254 g/mol. The maximum Gasteiger partial charge on any atom is 0.178 e. The highest BCUT2D eigenvalue weighted by Gasteiger charge is 2.10. The second-order valence-corrected chi connectivity index (χ2v) is 6.33. The Bertz CT molecular complexity index is 456. The fourth-order valence-electron chi connectivity index (χ4n) is 1.56. The average molecular weight is 275 g/mol. The van der Waals surface area contributed by atoms with Crippen molar-refractivity contribution in [2.75, 3.05) is 19.3 Å². The topological polar surface area (TPSA) is 84.2 Å². The molecule has 7 heteroatoms. The lowest BCUT2D eigenvalue weighted by Gasteiger charge is -2.10. The fraction of sp³-hybridized carbons (Fsp3) is 0.727. The molecule has 0 radical (unpaired) electrons. The Balaban J connectivity index is 2.34. The number of hydrogen-bond donors (Lipinski definition) is 2. The Morgan fingerprint density at radius 3 is 2.83 bits per heavy atom. The number of hydrogen-bond acceptors (Lipinski definition) is 5. The van der Waals surface area contributed by atoms with E-state index in [0.29, 0.717) is 19.5 Å². The maximum absolute atomic E-state index is 11.2. The standard InChI is InChI=1S/C11H21N3O3S/c1-3-12-7-10(15)5-4-6-14-9-11(8-13-14)18(2,16)17/h8-10,12,15H,3-7H2,1-2H3. The van der Waals surface area contributed by atoms with Crippen LogP contribution in [0.4, 0.5) is 0 Å². The Morgan fingerprint density at radius 2 is 2.28 bits per heavy atom. The first-order chi connectivity index (χ1) is 8.43. The number of likely N-dealkylation sites (N-methyl/N-ethyl adjacent to an activating group) is 1. The minimum Gasteiger partial charge on any atom is -0.392 e. The highest BCUT2D eigenvalue weighted by atomic mass is 32.2. The van der Waals surface area contributed by atoms with E-state index in [1.165, 1.54) is 12.4 Å². The smallest absolute Gasteiger partial charge is 0.178 e. The van der Waals surface area contributed by atoms with E-state index >= 15 is 0 Å². The van der Waals surface area contributed by atoms with Gasteiger partial charge in [0.25, 0.3) is 0 Å². The van der Waals surface area contributed by atoms with E-state index in [2.05, 4.69) is 10.4 Å². The first kappa shape index (κ1) is 15.1. The van der Waals surface area contributed by atoms with Gasteiger partial charge in [0.05, 0.1) is 12.3 Å². The van der Waals surface area contributed by atoms with Crippen LogP contribution in [0.2, 0.25) is 0 Å².